The van der Waals surface area contributed by atoms with Crippen LogP contribution >= 0.6 is 0 Å². The molecule has 29 heavy (non-hydrogen) atoms. The van der Waals surface area contributed by atoms with Crippen molar-refractivity contribution in [3.63, 3.8) is 0 Å². The summed E-state index contributed by atoms with van der Waals surface area (Å²) in [6.07, 6.45) is 2.93. The molecule has 3 aromatic rings. The molecule has 0 aliphatic carbocycles. The smallest absolute Gasteiger partial charge is 0.220 e. The summed E-state index contributed by atoms with van der Waals surface area (Å²) in [5.74, 6) is 1.97. The van der Waals surface area contributed by atoms with Crippen LogP contribution < -0.4 is 14.8 Å². The van der Waals surface area contributed by atoms with Gasteiger partial charge in [-0.15, -0.1) is 0 Å². The number of nitrogens with one attached hydrogen (secondary N) is 1. The van der Waals surface area contributed by atoms with E-state index in [9.17, 15) is 9.18 Å². The van der Waals surface area contributed by atoms with Gasteiger partial charge in [-0.2, -0.15) is 0 Å². The Morgan fingerprint density at radius 2 is 1.83 bits per heavy atom. The monoisotopic (exact) mass is 398 g/mol. The van der Waals surface area contributed by atoms with E-state index in [0.717, 1.165) is 11.1 Å². The van der Waals surface area contributed by atoms with Crippen LogP contribution in [0.25, 0.3) is 11.3 Å². The Labute approximate surface area is 168 Å². The standard InChI is InChI=1S/C22H23FN2O4/c1-27-18-8-3-15(13-19(18)28-2)11-12-24-21(26)9-10-22-25-14-20(29-22)16-4-6-17(23)7-5-16/h3-8,13-14H,9-12H2,1-2H3,(H,24,26). The van der Waals surface area contributed by atoms with E-state index in [1.54, 1.807) is 32.5 Å². The number of amides is 1. The summed E-state index contributed by atoms with van der Waals surface area (Å²) < 4.78 is 29.1. The molecule has 0 fully saturated rings. The van der Waals surface area contributed by atoms with Gasteiger partial charge < -0.3 is 19.2 Å². The molecule has 0 spiro atoms. The minimum atomic E-state index is -0.307. The van der Waals surface area contributed by atoms with Crippen LogP contribution in [0.2, 0.25) is 0 Å². The first kappa shape index (κ1) is 20.4. The van der Waals surface area contributed by atoms with Crippen LogP contribution in [0.1, 0.15) is 17.9 Å². The molecule has 0 saturated carbocycles. The van der Waals surface area contributed by atoms with Gasteiger partial charge in [0.25, 0.3) is 0 Å². The van der Waals surface area contributed by atoms with Crippen LogP contribution in [-0.2, 0) is 17.6 Å². The van der Waals surface area contributed by atoms with E-state index in [1.165, 1.54) is 12.1 Å². The minimum Gasteiger partial charge on any atom is -0.493 e. The maximum atomic E-state index is 13.0. The molecule has 0 radical (unpaired) electrons. The molecule has 0 unspecified atom stereocenters. The van der Waals surface area contributed by atoms with E-state index in [-0.39, 0.29) is 18.1 Å². The van der Waals surface area contributed by atoms with Crippen molar-refractivity contribution in [3.05, 3.63) is 65.9 Å². The first-order valence-corrected chi connectivity index (χ1v) is 9.27. The van der Waals surface area contributed by atoms with Crippen molar-refractivity contribution in [3.8, 4) is 22.8 Å². The molecule has 1 heterocycles. The van der Waals surface area contributed by atoms with E-state index in [2.05, 4.69) is 10.3 Å². The fourth-order valence-corrected chi connectivity index (χ4v) is 2.86. The highest BCUT2D eigenvalue weighted by Crippen LogP contribution is 2.27. The van der Waals surface area contributed by atoms with E-state index in [1.807, 2.05) is 18.2 Å². The number of ether oxygens (including phenoxy) is 2. The summed E-state index contributed by atoms with van der Waals surface area (Å²) >= 11 is 0. The number of benzene rings is 2. The lowest BCUT2D eigenvalue weighted by atomic mass is 10.1. The average molecular weight is 398 g/mol. The molecular formula is C22H23FN2O4. The number of oxazole rings is 1. The first-order valence-electron chi connectivity index (χ1n) is 9.27. The van der Waals surface area contributed by atoms with Crippen LogP contribution in [0.15, 0.2) is 53.1 Å². The number of carbonyl (C=O) groups is 1. The van der Waals surface area contributed by atoms with Crippen LogP contribution in [0.3, 0.4) is 0 Å². The molecule has 1 aromatic heterocycles. The quantitative estimate of drug-likeness (QED) is 0.594. The predicted molar refractivity (Wildman–Crippen MR) is 106 cm³/mol. The van der Waals surface area contributed by atoms with E-state index in [0.29, 0.717) is 42.5 Å². The van der Waals surface area contributed by atoms with Crippen molar-refractivity contribution in [2.75, 3.05) is 20.8 Å². The first-order chi connectivity index (χ1) is 14.1. The van der Waals surface area contributed by atoms with Crippen molar-refractivity contribution in [2.45, 2.75) is 19.3 Å². The topological polar surface area (TPSA) is 73.6 Å². The Kier molecular flexibility index (Phi) is 6.84. The Morgan fingerprint density at radius 1 is 1.07 bits per heavy atom. The molecule has 3 rings (SSSR count). The second-order valence-corrected chi connectivity index (χ2v) is 6.41. The highest BCUT2D eigenvalue weighted by Gasteiger charge is 2.10. The summed E-state index contributed by atoms with van der Waals surface area (Å²) in [6.45, 7) is 0.515. The van der Waals surface area contributed by atoms with Crippen molar-refractivity contribution in [1.29, 1.82) is 0 Å². The summed E-state index contributed by atoms with van der Waals surface area (Å²) in [5, 5.41) is 2.89. The molecule has 0 bridgehead atoms. The van der Waals surface area contributed by atoms with E-state index in [4.69, 9.17) is 13.9 Å². The van der Waals surface area contributed by atoms with Crippen molar-refractivity contribution < 1.29 is 23.1 Å². The number of carbonyl (C=O) groups excluding carboxylic acids is 1. The molecule has 0 atom stereocenters. The zero-order chi connectivity index (χ0) is 20.6. The normalized spacial score (nSPS) is 10.6. The van der Waals surface area contributed by atoms with Crippen molar-refractivity contribution in [2.24, 2.45) is 0 Å². The number of aromatic nitrogens is 1. The maximum absolute atomic E-state index is 13.0. The Balaban J connectivity index is 1.44. The minimum absolute atomic E-state index is 0.0768. The largest absolute Gasteiger partial charge is 0.493 e. The molecule has 1 amide bonds. The summed E-state index contributed by atoms with van der Waals surface area (Å²) in [5.41, 5.74) is 1.78. The van der Waals surface area contributed by atoms with Gasteiger partial charge in [0.05, 0.1) is 20.4 Å². The zero-order valence-electron chi connectivity index (χ0n) is 16.4. The van der Waals surface area contributed by atoms with Crippen LogP contribution in [-0.4, -0.2) is 31.7 Å². The molecule has 7 heteroatoms. The SMILES string of the molecule is COc1ccc(CCNC(=O)CCc2ncc(-c3ccc(F)cc3)o2)cc1OC. The highest BCUT2D eigenvalue weighted by molar-refractivity contribution is 5.76. The molecule has 2 aromatic carbocycles. The van der Waals surface area contributed by atoms with Crippen LogP contribution in [0.5, 0.6) is 11.5 Å². The Morgan fingerprint density at radius 3 is 2.55 bits per heavy atom. The number of hydrogen-bond acceptors (Lipinski definition) is 5. The third-order valence-corrected chi connectivity index (χ3v) is 4.43. The van der Waals surface area contributed by atoms with Gasteiger partial charge in [-0.3, -0.25) is 4.79 Å². The lowest BCUT2D eigenvalue weighted by Crippen LogP contribution is -2.25. The zero-order valence-corrected chi connectivity index (χ0v) is 16.4. The van der Waals surface area contributed by atoms with Gasteiger partial charge in [-0.1, -0.05) is 6.07 Å². The number of rotatable bonds is 9. The number of halogens is 1. The molecule has 0 aliphatic heterocycles. The summed E-state index contributed by atoms with van der Waals surface area (Å²) in [4.78, 5) is 16.3. The lowest BCUT2D eigenvalue weighted by Gasteiger charge is -2.10. The fraction of sp³-hybridized carbons (Fsp3) is 0.273. The molecule has 1 N–H and O–H groups in total. The maximum Gasteiger partial charge on any atom is 0.220 e. The number of aryl methyl sites for hydroxylation is 1. The van der Waals surface area contributed by atoms with Gasteiger partial charge in [0.2, 0.25) is 5.91 Å². The molecule has 6 nitrogen and oxygen atoms in total. The van der Waals surface area contributed by atoms with Gasteiger partial charge >= 0.3 is 0 Å². The van der Waals surface area contributed by atoms with Crippen LogP contribution in [0, 0.1) is 5.82 Å². The lowest BCUT2D eigenvalue weighted by molar-refractivity contribution is -0.121. The summed E-state index contributed by atoms with van der Waals surface area (Å²) in [7, 11) is 3.18. The number of nitrogens with zero attached hydrogens (tertiary/aromatic N) is 1. The van der Waals surface area contributed by atoms with Gasteiger partial charge in [0.1, 0.15) is 5.82 Å². The van der Waals surface area contributed by atoms with Gasteiger partial charge in [-0.25, -0.2) is 9.37 Å². The summed E-state index contributed by atoms with van der Waals surface area (Å²) in [6, 6.07) is 11.7. The van der Waals surface area contributed by atoms with Crippen LogP contribution in [0.4, 0.5) is 4.39 Å². The number of methoxy groups -OCH3 is 2. The van der Waals surface area contributed by atoms with Gasteiger partial charge in [0.15, 0.2) is 23.1 Å². The third kappa shape index (κ3) is 5.57. The van der Waals surface area contributed by atoms with E-state index < -0.39 is 0 Å². The highest BCUT2D eigenvalue weighted by atomic mass is 19.1. The molecule has 0 saturated heterocycles. The second-order valence-electron chi connectivity index (χ2n) is 6.41. The second kappa shape index (κ2) is 9.73. The molecular weight excluding hydrogens is 375 g/mol. The van der Waals surface area contributed by atoms with Crippen molar-refractivity contribution in [1.82, 2.24) is 10.3 Å². The predicted octanol–water partition coefficient (Wildman–Crippen LogP) is 3.79. The average Bonchev–Trinajstić information content (AvgIpc) is 3.21. The fourth-order valence-electron chi connectivity index (χ4n) is 2.86. The third-order valence-electron chi connectivity index (χ3n) is 4.43. The van der Waals surface area contributed by atoms with E-state index >= 15 is 0 Å². The van der Waals surface area contributed by atoms with Crippen molar-refractivity contribution >= 4 is 5.91 Å². The van der Waals surface area contributed by atoms with Gasteiger partial charge in [0, 0.05) is 24.9 Å². The number of hydrogen-bond donors (Lipinski definition) is 1. The Bertz CT molecular complexity index is 954. The van der Waals surface area contributed by atoms with Gasteiger partial charge in [-0.05, 0) is 48.4 Å². The molecule has 0 aliphatic rings. The molecule has 152 valence electrons. The Hall–Kier alpha value is -3.35.